The van der Waals surface area contributed by atoms with E-state index in [1.165, 1.54) is 24.3 Å². The van der Waals surface area contributed by atoms with Crippen LogP contribution >= 0.6 is 11.3 Å². The number of aliphatic carboxylic acids is 1. The zero-order chi connectivity index (χ0) is 23.9. The van der Waals surface area contributed by atoms with Crippen molar-refractivity contribution in [1.82, 2.24) is 5.32 Å². The van der Waals surface area contributed by atoms with E-state index in [0.29, 0.717) is 24.0 Å². The maximum absolute atomic E-state index is 12.6. The van der Waals surface area contributed by atoms with Gasteiger partial charge in [-0.15, -0.1) is 11.3 Å². The van der Waals surface area contributed by atoms with E-state index in [4.69, 9.17) is 15.0 Å². The van der Waals surface area contributed by atoms with Gasteiger partial charge in [-0.1, -0.05) is 19.1 Å². The molecule has 2 rings (SSSR count). The molecule has 10 nitrogen and oxygen atoms in total. The van der Waals surface area contributed by atoms with Gasteiger partial charge in [-0.25, -0.2) is 31.6 Å². The Morgan fingerprint density at radius 3 is 2.25 bits per heavy atom. The van der Waals surface area contributed by atoms with Crippen molar-refractivity contribution < 1.29 is 36.3 Å². The van der Waals surface area contributed by atoms with Gasteiger partial charge in [-0.2, -0.15) is 0 Å². The Morgan fingerprint density at radius 2 is 1.72 bits per heavy atom. The topological polar surface area (TPSA) is 170 Å². The second-order valence-electron chi connectivity index (χ2n) is 6.50. The van der Waals surface area contributed by atoms with Crippen LogP contribution in [0.25, 0.3) is 0 Å². The summed E-state index contributed by atoms with van der Waals surface area (Å²) in [6, 6.07) is 8.41. The van der Waals surface area contributed by atoms with Gasteiger partial charge in [-0.05, 0) is 42.8 Å². The zero-order valence-corrected chi connectivity index (χ0v) is 19.4. The van der Waals surface area contributed by atoms with Crippen LogP contribution in [0.1, 0.15) is 24.9 Å². The lowest BCUT2D eigenvalue weighted by atomic mass is 10.0. The van der Waals surface area contributed by atoms with Gasteiger partial charge in [-0.3, -0.25) is 0 Å². The number of nitrogens with one attached hydrogen (secondary N) is 1. The number of hydrogen-bond donors (Lipinski definition) is 3. The molecule has 1 unspecified atom stereocenters. The number of ether oxygens (including phenoxy) is 1. The number of carbonyl (C=O) groups is 2. The molecule has 1 atom stereocenters. The van der Waals surface area contributed by atoms with Crippen molar-refractivity contribution in [3.63, 3.8) is 0 Å². The first-order chi connectivity index (χ1) is 14.9. The van der Waals surface area contributed by atoms with Crippen LogP contribution in [0, 0.1) is 0 Å². The Hall–Kier alpha value is -2.58. The maximum Gasteiger partial charge on any atom is 0.336 e. The first kappa shape index (κ1) is 25.7. The number of hydrogen-bond acceptors (Lipinski definition) is 9. The second kappa shape index (κ2) is 10.8. The zero-order valence-electron chi connectivity index (χ0n) is 16.9. The Kier molecular flexibility index (Phi) is 8.69. The molecule has 174 valence electrons. The van der Waals surface area contributed by atoms with Crippen LogP contribution in [0.3, 0.4) is 0 Å². The third-order valence-corrected chi connectivity index (χ3v) is 8.98. The molecule has 0 bridgehead atoms. The highest BCUT2D eigenvalue weighted by Crippen LogP contribution is 2.28. The van der Waals surface area contributed by atoms with E-state index in [9.17, 15) is 26.4 Å². The summed E-state index contributed by atoms with van der Waals surface area (Å²) in [5, 5.41) is 16.7. The number of thiophene rings is 1. The van der Waals surface area contributed by atoms with Crippen molar-refractivity contribution in [2.45, 2.75) is 27.8 Å². The van der Waals surface area contributed by atoms with Crippen molar-refractivity contribution in [3.8, 4) is 5.75 Å². The van der Waals surface area contributed by atoms with E-state index in [1.54, 1.807) is 12.1 Å². The minimum atomic E-state index is -3.97. The van der Waals surface area contributed by atoms with Crippen LogP contribution in [0.4, 0.5) is 0 Å². The summed E-state index contributed by atoms with van der Waals surface area (Å²) in [5.74, 6) is -2.15. The van der Waals surface area contributed by atoms with Crippen molar-refractivity contribution in [2.75, 3.05) is 12.3 Å². The van der Waals surface area contributed by atoms with E-state index in [1.807, 2.05) is 6.92 Å². The van der Waals surface area contributed by atoms with Crippen LogP contribution < -0.4 is 15.2 Å². The third kappa shape index (κ3) is 7.53. The van der Waals surface area contributed by atoms with Gasteiger partial charge in [0.1, 0.15) is 14.2 Å². The van der Waals surface area contributed by atoms with Crippen molar-refractivity contribution >= 4 is 43.1 Å². The van der Waals surface area contributed by atoms with Gasteiger partial charge in [0.15, 0.2) is 9.84 Å². The summed E-state index contributed by atoms with van der Waals surface area (Å²) in [4.78, 5) is 22.0. The molecule has 1 aromatic heterocycles. The molecule has 32 heavy (non-hydrogen) atoms. The minimum Gasteiger partial charge on any atom is -0.478 e. The Balaban J connectivity index is 2.09. The van der Waals surface area contributed by atoms with Crippen LogP contribution in [-0.4, -0.2) is 46.2 Å². The molecule has 0 fully saturated rings. The number of rotatable bonds is 11. The number of primary sulfonamides is 1. The largest absolute Gasteiger partial charge is 0.478 e. The molecule has 1 heterocycles. The smallest absolute Gasteiger partial charge is 0.336 e. The highest BCUT2D eigenvalue weighted by molar-refractivity contribution is 7.95. The highest BCUT2D eigenvalue weighted by Gasteiger charge is 2.23. The number of sulfone groups is 1. The molecule has 0 aliphatic rings. The lowest BCUT2D eigenvalue weighted by molar-refractivity contribution is -0.133. The van der Waals surface area contributed by atoms with Crippen LogP contribution in [-0.2, 0) is 29.4 Å². The monoisotopic (exact) mass is 502 g/mol. The lowest BCUT2D eigenvalue weighted by Crippen LogP contribution is -2.23. The normalized spacial score (nSPS) is 13.2. The molecule has 0 spiro atoms. The minimum absolute atomic E-state index is 0.0755. The van der Waals surface area contributed by atoms with Gasteiger partial charge in [0.05, 0.1) is 5.75 Å². The van der Waals surface area contributed by atoms with E-state index in [2.05, 4.69) is 5.32 Å². The van der Waals surface area contributed by atoms with Crippen LogP contribution in [0.2, 0.25) is 0 Å². The van der Waals surface area contributed by atoms with Crippen LogP contribution in [0.15, 0.2) is 57.0 Å². The van der Waals surface area contributed by atoms with Gasteiger partial charge in [0.2, 0.25) is 10.0 Å². The van der Waals surface area contributed by atoms with Gasteiger partial charge >= 0.3 is 11.9 Å². The molecule has 0 radical (unpaired) electrons. The summed E-state index contributed by atoms with van der Waals surface area (Å²) >= 11 is 0.609. The van der Waals surface area contributed by atoms with Crippen molar-refractivity contribution in [2.24, 2.45) is 5.14 Å². The summed E-state index contributed by atoms with van der Waals surface area (Å²) in [6.07, 6.45) is 1.66. The molecule has 0 aliphatic heterocycles. The molecule has 2 aromatic rings. The van der Waals surface area contributed by atoms with Gasteiger partial charge in [0, 0.05) is 18.2 Å². The number of nitrogens with two attached hydrogens (primary N) is 1. The molecule has 0 saturated heterocycles. The number of esters is 1. The predicted octanol–water partition coefficient (Wildman–Crippen LogP) is 1.46. The summed E-state index contributed by atoms with van der Waals surface area (Å²) in [6.45, 7) is 2.43. The molecule has 4 N–H and O–H groups in total. The summed E-state index contributed by atoms with van der Waals surface area (Å²) in [5.41, 5.74) is 0.749. The average Bonchev–Trinajstić information content (AvgIpc) is 3.22. The van der Waals surface area contributed by atoms with Gasteiger partial charge < -0.3 is 15.2 Å². The first-order valence-corrected chi connectivity index (χ1v) is 13.3. The molecule has 0 aliphatic carbocycles. The van der Waals surface area contributed by atoms with Gasteiger partial charge in [0.25, 0.3) is 0 Å². The number of carbonyl (C=O) groups excluding carboxylic acids is 1. The lowest BCUT2D eigenvalue weighted by Gasteiger charge is -2.18. The van der Waals surface area contributed by atoms with E-state index < -0.39 is 31.8 Å². The molecule has 0 amide bonds. The fourth-order valence-corrected chi connectivity index (χ4v) is 6.36. The Bertz CT molecular complexity index is 1200. The number of carboxylic acids is 1. The molecular weight excluding hydrogens is 480 g/mol. The van der Waals surface area contributed by atoms with Crippen molar-refractivity contribution in [3.05, 3.63) is 54.1 Å². The highest BCUT2D eigenvalue weighted by atomic mass is 32.3. The van der Waals surface area contributed by atoms with E-state index >= 15 is 0 Å². The standard InChI is InChI=1S/C19H22N2O8S3/c1-2-21-15(11-12-31(25,26)18-9-10-19(30-18)32(20,27)28)13-3-5-14(6-4-13)29-17(24)8-7-16(22)23/h3-10,15,21H,2,11-12H2,1H3,(H,22,23)(H2,20,27,28)/b8-7-. The van der Waals surface area contributed by atoms with E-state index in [-0.39, 0.29) is 32.4 Å². The summed E-state index contributed by atoms with van der Waals surface area (Å²) in [7, 11) is -7.70. The first-order valence-electron chi connectivity index (χ1n) is 9.24. The predicted molar refractivity (Wildman–Crippen MR) is 118 cm³/mol. The number of benzene rings is 1. The fourth-order valence-electron chi connectivity index (χ4n) is 2.69. The molecule has 1 aromatic carbocycles. The summed E-state index contributed by atoms with van der Waals surface area (Å²) < 4.78 is 52.8. The molecule has 13 heteroatoms. The maximum atomic E-state index is 12.6. The van der Waals surface area contributed by atoms with Crippen molar-refractivity contribution in [1.29, 1.82) is 0 Å². The quantitative estimate of drug-likeness (QED) is 0.234. The average molecular weight is 503 g/mol. The number of carboxylic acid groups (broad SMARTS) is 1. The number of sulfonamides is 1. The fraction of sp³-hybridized carbons (Fsp3) is 0.263. The third-order valence-electron chi connectivity index (χ3n) is 4.13. The Labute approximate surface area is 189 Å². The van der Waals surface area contributed by atoms with E-state index in [0.717, 1.165) is 11.6 Å². The Morgan fingerprint density at radius 1 is 1.09 bits per heavy atom. The second-order valence-corrected chi connectivity index (χ2v) is 11.7. The molecule has 0 saturated carbocycles. The van der Waals surface area contributed by atoms with Crippen LogP contribution in [0.5, 0.6) is 5.75 Å². The SMILES string of the molecule is CCNC(CCS(=O)(=O)c1ccc(S(N)(=O)=O)s1)c1ccc(OC(=O)/C=C\C(=O)O)cc1. The molecular formula is C19H22N2O8S3.